The molecule has 1 atom stereocenters. The normalized spacial score (nSPS) is 27.2. The van der Waals surface area contributed by atoms with Crippen molar-refractivity contribution in [3.05, 3.63) is 59.7 Å². The molecule has 4 fully saturated rings. The molecule has 5 nitrogen and oxygen atoms in total. The standard InChI is InChI=1S/C34H46FN3O2S/c35-17-20-37-24-27-5-1-4-8-33(27)34(25-37,28-6-2-3-7-28)29-15-18-36(19-16-29)21-26-22-38(23-26)30-9-11-31(12-10-30)41(39,40)32-13-14-32/h1,4-5,8-12,26,28-29,32H,2-3,6-7,13-25H2. The van der Waals surface area contributed by atoms with E-state index in [9.17, 15) is 12.8 Å². The Morgan fingerprint density at radius 2 is 1.51 bits per heavy atom. The molecule has 3 aliphatic heterocycles. The van der Waals surface area contributed by atoms with Crippen LogP contribution in [0.4, 0.5) is 10.1 Å². The maximum absolute atomic E-state index is 13.6. The molecule has 0 amide bonds. The second-order valence-electron chi connectivity index (χ2n) is 13.7. The van der Waals surface area contributed by atoms with Gasteiger partial charge >= 0.3 is 0 Å². The van der Waals surface area contributed by atoms with Crippen LogP contribution in [0.2, 0.25) is 0 Å². The van der Waals surface area contributed by atoms with Crippen LogP contribution in [0.5, 0.6) is 0 Å². The lowest BCUT2D eigenvalue weighted by Gasteiger charge is -2.54. The molecular formula is C34H46FN3O2S. The lowest BCUT2D eigenvalue weighted by Crippen LogP contribution is -2.57. The van der Waals surface area contributed by atoms with E-state index in [0.29, 0.717) is 29.2 Å². The molecule has 222 valence electrons. The van der Waals surface area contributed by atoms with Crippen LogP contribution < -0.4 is 4.90 Å². The molecule has 2 saturated heterocycles. The lowest BCUT2D eigenvalue weighted by atomic mass is 9.57. The highest BCUT2D eigenvalue weighted by Gasteiger charge is 2.51. The van der Waals surface area contributed by atoms with Gasteiger partial charge in [0.25, 0.3) is 0 Å². The van der Waals surface area contributed by atoms with E-state index in [1.54, 1.807) is 17.7 Å². The molecule has 41 heavy (non-hydrogen) atoms. The number of nitrogens with zero attached hydrogens (tertiary/aromatic N) is 3. The van der Waals surface area contributed by atoms with Gasteiger partial charge in [0, 0.05) is 56.3 Å². The van der Waals surface area contributed by atoms with Gasteiger partial charge in [-0.05, 0) is 98.8 Å². The SMILES string of the molecule is O=S(=O)(c1ccc(N2CC(CN3CCC(C4(C5CCCC5)CN(CCF)Cc5ccccc54)CC3)C2)cc1)C1CC1. The number of likely N-dealkylation sites (tertiary alicyclic amines) is 1. The Balaban J connectivity index is 0.983. The van der Waals surface area contributed by atoms with Crippen molar-refractivity contribution in [2.45, 2.75) is 73.5 Å². The number of halogens is 1. The Morgan fingerprint density at radius 1 is 0.829 bits per heavy atom. The number of hydrogen-bond acceptors (Lipinski definition) is 5. The van der Waals surface area contributed by atoms with E-state index in [4.69, 9.17) is 0 Å². The Morgan fingerprint density at radius 3 is 2.20 bits per heavy atom. The summed E-state index contributed by atoms with van der Waals surface area (Å²) in [6.07, 6.45) is 9.42. The molecule has 0 bridgehead atoms. The number of benzene rings is 2. The molecule has 7 rings (SSSR count). The zero-order chi connectivity index (χ0) is 28.0. The average Bonchev–Trinajstić information content (AvgIpc) is 3.70. The summed E-state index contributed by atoms with van der Waals surface area (Å²) >= 11 is 0. The van der Waals surface area contributed by atoms with Gasteiger partial charge < -0.3 is 9.80 Å². The molecule has 2 saturated carbocycles. The first-order chi connectivity index (χ1) is 20.0. The van der Waals surface area contributed by atoms with Crippen LogP contribution in [0, 0.1) is 17.8 Å². The fourth-order valence-electron chi connectivity index (χ4n) is 8.92. The third-order valence-electron chi connectivity index (χ3n) is 11.2. The quantitative estimate of drug-likeness (QED) is 0.382. The molecule has 3 heterocycles. The van der Waals surface area contributed by atoms with Crippen molar-refractivity contribution in [2.24, 2.45) is 17.8 Å². The Hall–Kier alpha value is -1.96. The predicted molar refractivity (Wildman–Crippen MR) is 163 cm³/mol. The van der Waals surface area contributed by atoms with Gasteiger partial charge in [0.2, 0.25) is 0 Å². The van der Waals surface area contributed by atoms with E-state index in [2.05, 4.69) is 39.0 Å². The van der Waals surface area contributed by atoms with Crippen molar-refractivity contribution in [3.63, 3.8) is 0 Å². The van der Waals surface area contributed by atoms with Crippen molar-refractivity contribution in [1.82, 2.24) is 9.80 Å². The van der Waals surface area contributed by atoms with E-state index in [1.807, 2.05) is 12.1 Å². The van der Waals surface area contributed by atoms with Crippen molar-refractivity contribution < 1.29 is 12.8 Å². The molecule has 2 aliphatic carbocycles. The minimum atomic E-state index is -3.12. The largest absolute Gasteiger partial charge is 0.371 e. The van der Waals surface area contributed by atoms with Gasteiger partial charge in [0.05, 0.1) is 10.1 Å². The smallest absolute Gasteiger partial charge is 0.181 e. The van der Waals surface area contributed by atoms with Gasteiger partial charge in [0.15, 0.2) is 9.84 Å². The van der Waals surface area contributed by atoms with E-state index in [1.165, 1.54) is 44.1 Å². The van der Waals surface area contributed by atoms with Gasteiger partial charge in [0.1, 0.15) is 6.67 Å². The highest BCUT2D eigenvalue weighted by atomic mass is 32.2. The van der Waals surface area contributed by atoms with Crippen LogP contribution in [0.3, 0.4) is 0 Å². The zero-order valence-corrected chi connectivity index (χ0v) is 25.2. The Bertz CT molecular complexity index is 1310. The molecule has 2 aromatic rings. The number of fused-ring (bicyclic) bond motifs is 1. The molecule has 0 spiro atoms. The second kappa shape index (κ2) is 11.3. The van der Waals surface area contributed by atoms with Crippen molar-refractivity contribution in [1.29, 1.82) is 0 Å². The fraction of sp³-hybridized carbons (Fsp3) is 0.647. The summed E-state index contributed by atoms with van der Waals surface area (Å²) < 4.78 is 38.6. The summed E-state index contributed by atoms with van der Waals surface area (Å²) in [4.78, 5) is 7.98. The highest BCUT2D eigenvalue weighted by molar-refractivity contribution is 7.92. The third-order valence-corrected chi connectivity index (χ3v) is 13.4. The van der Waals surface area contributed by atoms with Gasteiger partial charge in [-0.1, -0.05) is 37.1 Å². The summed E-state index contributed by atoms with van der Waals surface area (Å²) in [5.41, 5.74) is 4.33. The Kier molecular flexibility index (Phi) is 7.66. The number of sulfone groups is 1. The number of anilines is 1. The summed E-state index contributed by atoms with van der Waals surface area (Å²) in [6, 6.07) is 16.7. The molecule has 0 aromatic heterocycles. The topological polar surface area (TPSA) is 43.9 Å². The van der Waals surface area contributed by atoms with E-state index in [0.717, 1.165) is 64.3 Å². The molecule has 2 aromatic carbocycles. The first-order valence-electron chi connectivity index (χ1n) is 16.2. The van der Waals surface area contributed by atoms with E-state index < -0.39 is 9.84 Å². The summed E-state index contributed by atoms with van der Waals surface area (Å²) in [5, 5.41) is -0.152. The van der Waals surface area contributed by atoms with Crippen molar-refractivity contribution >= 4 is 15.5 Å². The fourth-order valence-corrected chi connectivity index (χ4v) is 10.6. The number of piperidine rings is 1. The molecule has 0 N–H and O–H groups in total. The first kappa shape index (κ1) is 27.8. The van der Waals surface area contributed by atoms with Crippen LogP contribution >= 0.6 is 0 Å². The van der Waals surface area contributed by atoms with Crippen LogP contribution in [0.1, 0.15) is 62.5 Å². The minimum Gasteiger partial charge on any atom is -0.371 e. The maximum atomic E-state index is 13.6. The molecule has 1 unspecified atom stereocenters. The average molecular weight is 580 g/mol. The van der Waals surface area contributed by atoms with Crippen LogP contribution in [-0.2, 0) is 21.8 Å². The van der Waals surface area contributed by atoms with Gasteiger partial charge in [-0.2, -0.15) is 0 Å². The maximum Gasteiger partial charge on any atom is 0.181 e. The molecule has 7 heteroatoms. The van der Waals surface area contributed by atoms with E-state index >= 15 is 0 Å². The number of alkyl halides is 1. The van der Waals surface area contributed by atoms with Gasteiger partial charge in [-0.25, -0.2) is 12.8 Å². The summed E-state index contributed by atoms with van der Waals surface area (Å²) in [7, 11) is -3.12. The Labute approximate surface area is 246 Å². The van der Waals surface area contributed by atoms with Gasteiger partial charge in [-0.15, -0.1) is 0 Å². The highest BCUT2D eigenvalue weighted by Crippen LogP contribution is 2.53. The first-order valence-corrected chi connectivity index (χ1v) is 17.7. The summed E-state index contributed by atoms with van der Waals surface area (Å²) in [5.74, 6) is 2.04. The summed E-state index contributed by atoms with van der Waals surface area (Å²) in [6.45, 7) is 7.79. The third kappa shape index (κ3) is 5.25. The van der Waals surface area contributed by atoms with Crippen molar-refractivity contribution in [2.75, 3.05) is 57.4 Å². The second-order valence-corrected chi connectivity index (χ2v) is 15.9. The monoisotopic (exact) mass is 579 g/mol. The number of rotatable bonds is 9. The minimum absolute atomic E-state index is 0.152. The molecule has 5 aliphatic rings. The van der Waals surface area contributed by atoms with Gasteiger partial charge in [-0.3, -0.25) is 4.90 Å². The molecular weight excluding hydrogens is 533 g/mol. The van der Waals surface area contributed by atoms with Crippen LogP contribution in [0.25, 0.3) is 0 Å². The van der Waals surface area contributed by atoms with Crippen LogP contribution in [-0.4, -0.2) is 76.0 Å². The molecule has 0 radical (unpaired) electrons. The van der Waals surface area contributed by atoms with Crippen LogP contribution in [0.15, 0.2) is 53.4 Å². The lowest BCUT2D eigenvalue weighted by molar-refractivity contribution is 0.0325. The predicted octanol–water partition coefficient (Wildman–Crippen LogP) is 5.68. The van der Waals surface area contributed by atoms with E-state index in [-0.39, 0.29) is 17.3 Å². The van der Waals surface area contributed by atoms with Crippen molar-refractivity contribution in [3.8, 4) is 0 Å². The zero-order valence-electron chi connectivity index (χ0n) is 24.4. The number of hydrogen-bond donors (Lipinski definition) is 0.